The zero-order valence-electron chi connectivity index (χ0n) is 18.8. The molecule has 0 saturated carbocycles. The molecule has 0 bridgehead atoms. The zero-order chi connectivity index (χ0) is 23.7. The third-order valence-electron chi connectivity index (χ3n) is 5.06. The van der Waals surface area contributed by atoms with E-state index in [-0.39, 0.29) is 17.2 Å². The number of carbonyl (C=O) groups excluding carboxylic acids is 1. The van der Waals surface area contributed by atoms with Crippen molar-refractivity contribution in [3.8, 4) is 11.5 Å². The molecule has 1 aliphatic heterocycles. The minimum Gasteiger partial charge on any atom is -0.493 e. The van der Waals surface area contributed by atoms with E-state index in [1.807, 2.05) is 13.0 Å². The van der Waals surface area contributed by atoms with Gasteiger partial charge in [-0.3, -0.25) is 4.79 Å². The van der Waals surface area contributed by atoms with E-state index in [1.54, 1.807) is 43.5 Å². The van der Waals surface area contributed by atoms with Crippen molar-refractivity contribution in [1.29, 1.82) is 0 Å². The summed E-state index contributed by atoms with van der Waals surface area (Å²) < 4.78 is 42.8. The molecule has 2 aromatic carbocycles. The summed E-state index contributed by atoms with van der Waals surface area (Å²) in [7, 11) is -1.96. The Labute approximate surface area is 194 Å². The third-order valence-corrected chi connectivity index (χ3v) is 6.98. The van der Waals surface area contributed by atoms with Gasteiger partial charge in [0.15, 0.2) is 11.5 Å². The fourth-order valence-corrected chi connectivity index (χ4v) is 4.70. The SMILES string of the molecule is CCOc1ccc(/C=N\NC(=O)CCc2ccc(S(=O)(=O)N3CCOCC3)cc2)cc1OC. The molecule has 3 rings (SSSR count). The van der Waals surface area contributed by atoms with Crippen molar-refractivity contribution in [2.45, 2.75) is 24.7 Å². The number of aryl methyl sites for hydroxylation is 1. The Morgan fingerprint density at radius 2 is 1.88 bits per heavy atom. The Kier molecular flexibility index (Phi) is 8.81. The van der Waals surface area contributed by atoms with Crippen LogP contribution >= 0.6 is 0 Å². The highest BCUT2D eigenvalue weighted by Crippen LogP contribution is 2.27. The third kappa shape index (κ3) is 6.77. The molecule has 0 atom stereocenters. The van der Waals surface area contributed by atoms with Crippen LogP contribution in [0.15, 0.2) is 52.5 Å². The molecule has 1 heterocycles. The largest absolute Gasteiger partial charge is 0.493 e. The summed E-state index contributed by atoms with van der Waals surface area (Å²) in [5.74, 6) is 0.991. The Hall–Kier alpha value is -2.95. The van der Waals surface area contributed by atoms with E-state index >= 15 is 0 Å². The average molecular weight is 476 g/mol. The molecule has 0 radical (unpaired) electrons. The summed E-state index contributed by atoms with van der Waals surface area (Å²) in [5.41, 5.74) is 4.13. The van der Waals surface area contributed by atoms with Crippen molar-refractivity contribution in [2.24, 2.45) is 5.10 Å². The van der Waals surface area contributed by atoms with Gasteiger partial charge in [0.2, 0.25) is 15.9 Å². The topological polar surface area (TPSA) is 107 Å². The lowest BCUT2D eigenvalue weighted by Crippen LogP contribution is -2.40. The van der Waals surface area contributed by atoms with Gasteiger partial charge in [-0.25, -0.2) is 13.8 Å². The second-order valence-electron chi connectivity index (χ2n) is 7.30. The van der Waals surface area contributed by atoms with E-state index in [1.165, 1.54) is 10.5 Å². The first-order valence-corrected chi connectivity index (χ1v) is 12.2. The number of nitrogens with one attached hydrogen (secondary N) is 1. The number of ether oxygens (including phenoxy) is 3. The predicted octanol–water partition coefficient (Wildman–Crippen LogP) is 2.20. The van der Waals surface area contributed by atoms with Crippen LogP contribution in [0.4, 0.5) is 0 Å². The van der Waals surface area contributed by atoms with E-state index in [4.69, 9.17) is 14.2 Å². The number of amides is 1. The van der Waals surface area contributed by atoms with Crippen LogP contribution in [-0.2, 0) is 26.0 Å². The maximum atomic E-state index is 12.7. The number of nitrogens with zero attached hydrogens (tertiary/aromatic N) is 2. The second-order valence-corrected chi connectivity index (χ2v) is 9.23. The summed E-state index contributed by atoms with van der Waals surface area (Å²) in [6.45, 7) is 3.95. The molecular formula is C23H29N3O6S. The van der Waals surface area contributed by atoms with Crippen molar-refractivity contribution in [2.75, 3.05) is 40.0 Å². The molecule has 1 saturated heterocycles. The van der Waals surface area contributed by atoms with Gasteiger partial charge in [-0.05, 0) is 54.8 Å². The zero-order valence-corrected chi connectivity index (χ0v) is 19.6. The molecule has 33 heavy (non-hydrogen) atoms. The number of rotatable bonds is 10. The maximum Gasteiger partial charge on any atom is 0.243 e. The van der Waals surface area contributed by atoms with Crippen LogP contribution in [0.2, 0.25) is 0 Å². The van der Waals surface area contributed by atoms with Crippen LogP contribution in [0.25, 0.3) is 0 Å². The summed E-state index contributed by atoms with van der Waals surface area (Å²) >= 11 is 0. The Bertz CT molecular complexity index is 1060. The van der Waals surface area contributed by atoms with Crippen LogP contribution in [0.3, 0.4) is 0 Å². The van der Waals surface area contributed by atoms with Crippen molar-refractivity contribution in [3.63, 3.8) is 0 Å². The number of hydrogen-bond acceptors (Lipinski definition) is 7. The number of morpholine rings is 1. The molecule has 9 nitrogen and oxygen atoms in total. The molecule has 1 fully saturated rings. The monoisotopic (exact) mass is 475 g/mol. The quantitative estimate of drug-likeness (QED) is 0.417. The Balaban J connectivity index is 1.50. The normalized spacial score (nSPS) is 14.8. The minimum atomic E-state index is -3.52. The molecular weight excluding hydrogens is 446 g/mol. The highest BCUT2D eigenvalue weighted by Gasteiger charge is 2.26. The van der Waals surface area contributed by atoms with Gasteiger partial charge >= 0.3 is 0 Å². The van der Waals surface area contributed by atoms with E-state index in [9.17, 15) is 13.2 Å². The number of carbonyl (C=O) groups is 1. The van der Waals surface area contributed by atoms with E-state index in [0.717, 1.165) is 11.1 Å². The Morgan fingerprint density at radius 1 is 1.15 bits per heavy atom. The molecule has 10 heteroatoms. The van der Waals surface area contributed by atoms with Crippen LogP contribution in [-0.4, -0.2) is 64.9 Å². The fraction of sp³-hybridized carbons (Fsp3) is 0.391. The number of benzene rings is 2. The molecule has 1 N–H and O–H groups in total. The van der Waals surface area contributed by atoms with Crippen LogP contribution in [0.5, 0.6) is 11.5 Å². The van der Waals surface area contributed by atoms with Gasteiger partial charge in [-0.15, -0.1) is 0 Å². The van der Waals surface area contributed by atoms with Crippen molar-refractivity contribution >= 4 is 22.1 Å². The molecule has 0 unspecified atom stereocenters. The van der Waals surface area contributed by atoms with Gasteiger partial charge in [0, 0.05) is 19.5 Å². The van der Waals surface area contributed by atoms with Gasteiger partial charge in [-0.1, -0.05) is 12.1 Å². The number of sulfonamides is 1. The Morgan fingerprint density at radius 3 is 2.55 bits per heavy atom. The lowest BCUT2D eigenvalue weighted by molar-refractivity contribution is -0.121. The van der Waals surface area contributed by atoms with Crippen LogP contribution in [0.1, 0.15) is 24.5 Å². The summed E-state index contributed by atoms with van der Waals surface area (Å²) in [6.07, 6.45) is 2.22. The van der Waals surface area contributed by atoms with E-state index in [2.05, 4.69) is 10.5 Å². The highest BCUT2D eigenvalue weighted by molar-refractivity contribution is 7.89. The molecule has 0 aliphatic carbocycles. The standard InChI is InChI=1S/C23H29N3O6S/c1-3-32-21-10-6-19(16-22(21)30-2)17-24-25-23(27)11-7-18-4-8-20(9-5-18)33(28,29)26-12-14-31-15-13-26/h4-6,8-10,16-17H,3,7,11-15H2,1-2H3,(H,25,27)/b24-17-. The summed E-state index contributed by atoms with van der Waals surface area (Å²) in [4.78, 5) is 12.4. The molecule has 0 aromatic heterocycles. The highest BCUT2D eigenvalue weighted by atomic mass is 32.2. The smallest absolute Gasteiger partial charge is 0.243 e. The first-order chi connectivity index (χ1) is 15.9. The van der Waals surface area contributed by atoms with Crippen molar-refractivity contribution < 1.29 is 27.4 Å². The maximum absolute atomic E-state index is 12.7. The van der Waals surface area contributed by atoms with Crippen LogP contribution < -0.4 is 14.9 Å². The number of methoxy groups -OCH3 is 1. The molecule has 1 amide bonds. The number of hydrogen-bond donors (Lipinski definition) is 1. The first kappa shape index (κ1) is 24.7. The molecule has 2 aromatic rings. The van der Waals surface area contributed by atoms with Gasteiger partial charge < -0.3 is 14.2 Å². The first-order valence-electron chi connectivity index (χ1n) is 10.7. The lowest BCUT2D eigenvalue weighted by atomic mass is 10.1. The van der Waals surface area contributed by atoms with Crippen LogP contribution in [0, 0.1) is 0 Å². The fourth-order valence-electron chi connectivity index (χ4n) is 3.30. The van der Waals surface area contributed by atoms with Gasteiger partial charge in [0.05, 0.1) is 38.0 Å². The average Bonchev–Trinajstić information content (AvgIpc) is 2.84. The summed E-state index contributed by atoms with van der Waals surface area (Å²) in [6, 6.07) is 12.0. The van der Waals surface area contributed by atoms with E-state index < -0.39 is 10.0 Å². The summed E-state index contributed by atoms with van der Waals surface area (Å²) in [5, 5.41) is 3.99. The number of hydrazone groups is 1. The van der Waals surface area contributed by atoms with Crippen molar-refractivity contribution in [3.05, 3.63) is 53.6 Å². The molecule has 0 spiro atoms. The van der Waals surface area contributed by atoms with Gasteiger partial charge in [0.25, 0.3) is 0 Å². The molecule has 1 aliphatic rings. The minimum absolute atomic E-state index is 0.222. The molecule has 178 valence electrons. The predicted molar refractivity (Wildman–Crippen MR) is 124 cm³/mol. The van der Waals surface area contributed by atoms with Crippen molar-refractivity contribution in [1.82, 2.24) is 9.73 Å². The lowest BCUT2D eigenvalue weighted by Gasteiger charge is -2.26. The second kappa shape index (κ2) is 11.8. The van der Waals surface area contributed by atoms with E-state index in [0.29, 0.717) is 50.8 Å². The van der Waals surface area contributed by atoms with Gasteiger partial charge in [-0.2, -0.15) is 9.41 Å². The van der Waals surface area contributed by atoms with Gasteiger partial charge in [0.1, 0.15) is 0 Å².